The molecule has 0 N–H and O–H groups in total. The second-order valence-corrected chi connectivity index (χ2v) is 5.01. The molecule has 0 aromatic rings. The highest BCUT2D eigenvalue weighted by atomic mass is 16.6. The lowest BCUT2D eigenvalue weighted by Gasteiger charge is -2.41. The van der Waals surface area contributed by atoms with Gasteiger partial charge in [0, 0.05) is 5.92 Å². The van der Waals surface area contributed by atoms with Crippen LogP contribution in [0, 0.1) is 11.3 Å². The van der Waals surface area contributed by atoms with Crippen molar-refractivity contribution in [1.82, 2.24) is 0 Å². The third-order valence-corrected chi connectivity index (χ3v) is 3.43. The van der Waals surface area contributed by atoms with E-state index in [1.54, 1.807) is 0 Å². The van der Waals surface area contributed by atoms with Crippen LogP contribution in [0.2, 0.25) is 0 Å². The van der Waals surface area contributed by atoms with Crippen LogP contribution in [0.25, 0.3) is 0 Å². The number of ether oxygens (including phenoxy) is 1. The summed E-state index contributed by atoms with van der Waals surface area (Å²) >= 11 is 0. The quantitative estimate of drug-likeness (QED) is 0.422. The topological polar surface area (TPSA) is 26.3 Å². The fraction of sp³-hybridized carbons (Fsp3) is 0.727. The number of esters is 1. The van der Waals surface area contributed by atoms with E-state index in [1.807, 2.05) is 13.0 Å². The van der Waals surface area contributed by atoms with Gasteiger partial charge in [-0.15, -0.1) is 0 Å². The largest absolute Gasteiger partial charge is 0.455 e. The number of allylic oxidation sites excluding steroid dienone is 1. The summed E-state index contributed by atoms with van der Waals surface area (Å²) in [7, 11) is 0. The van der Waals surface area contributed by atoms with E-state index in [1.165, 1.54) is 0 Å². The minimum Gasteiger partial charge on any atom is -0.455 e. The first-order chi connectivity index (χ1) is 5.94. The first-order valence-corrected chi connectivity index (χ1v) is 4.84. The number of hydrogen-bond donors (Lipinski definition) is 0. The van der Waals surface area contributed by atoms with E-state index in [0.29, 0.717) is 12.3 Å². The Labute approximate surface area is 79.0 Å². The van der Waals surface area contributed by atoms with Crippen molar-refractivity contribution in [2.24, 2.45) is 11.3 Å². The summed E-state index contributed by atoms with van der Waals surface area (Å²) in [6.45, 7) is 6.43. The van der Waals surface area contributed by atoms with E-state index < -0.39 is 0 Å². The summed E-state index contributed by atoms with van der Waals surface area (Å²) in [4.78, 5) is 11.2. The van der Waals surface area contributed by atoms with Crippen LogP contribution in [-0.4, -0.2) is 11.6 Å². The van der Waals surface area contributed by atoms with Gasteiger partial charge in [0.1, 0.15) is 5.60 Å². The monoisotopic (exact) mass is 180 g/mol. The second kappa shape index (κ2) is 2.37. The minimum absolute atomic E-state index is 0.0490. The van der Waals surface area contributed by atoms with Gasteiger partial charge in [-0.3, -0.25) is 4.79 Å². The molecule has 2 heteroatoms. The lowest BCUT2D eigenvalue weighted by molar-refractivity contribution is -0.145. The Bertz CT molecular complexity index is 278. The third-order valence-electron chi connectivity index (χ3n) is 3.43. The molecule has 0 amide bonds. The first-order valence-electron chi connectivity index (χ1n) is 4.84. The zero-order chi connectivity index (χ0) is 9.69. The SMILES string of the molecule is CC1(C)CC=CC2(C)OC(=O)CC12. The van der Waals surface area contributed by atoms with Crippen molar-refractivity contribution in [1.29, 1.82) is 0 Å². The van der Waals surface area contributed by atoms with Crippen LogP contribution in [0.15, 0.2) is 12.2 Å². The fourth-order valence-electron chi connectivity index (χ4n) is 2.67. The molecule has 2 atom stereocenters. The van der Waals surface area contributed by atoms with Crippen LogP contribution in [-0.2, 0) is 9.53 Å². The molecule has 0 spiro atoms. The first kappa shape index (κ1) is 8.79. The number of carbonyl (C=O) groups is 1. The Hall–Kier alpha value is -0.790. The van der Waals surface area contributed by atoms with Gasteiger partial charge >= 0.3 is 5.97 Å². The molecule has 1 aliphatic carbocycles. The van der Waals surface area contributed by atoms with E-state index >= 15 is 0 Å². The van der Waals surface area contributed by atoms with Gasteiger partial charge in [0.2, 0.25) is 0 Å². The highest BCUT2D eigenvalue weighted by Crippen LogP contribution is 2.49. The molecule has 0 radical (unpaired) electrons. The van der Waals surface area contributed by atoms with Gasteiger partial charge in [0.05, 0.1) is 6.42 Å². The molecule has 2 aliphatic rings. The molecule has 13 heavy (non-hydrogen) atoms. The van der Waals surface area contributed by atoms with E-state index in [0.717, 1.165) is 6.42 Å². The van der Waals surface area contributed by atoms with Crippen LogP contribution in [0.1, 0.15) is 33.6 Å². The Kier molecular flexibility index (Phi) is 1.60. The van der Waals surface area contributed by atoms with Crippen molar-refractivity contribution in [3.05, 3.63) is 12.2 Å². The van der Waals surface area contributed by atoms with Gasteiger partial charge in [0.25, 0.3) is 0 Å². The molecule has 0 aromatic heterocycles. The molecule has 0 aromatic carbocycles. The summed E-state index contributed by atoms with van der Waals surface area (Å²) in [5, 5.41) is 0. The van der Waals surface area contributed by atoms with E-state index in [9.17, 15) is 4.79 Å². The number of carbonyl (C=O) groups excluding carboxylic acids is 1. The lowest BCUT2D eigenvalue weighted by atomic mass is 9.65. The van der Waals surface area contributed by atoms with Gasteiger partial charge in [-0.1, -0.05) is 19.9 Å². The maximum absolute atomic E-state index is 11.2. The molecular formula is C11H16O2. The molecule has 1 saturated heterocycles. The van der Waals surface area contributed by atoms with Gasteiger partial charge in [-0.25, -0.2) is 0 Å². The number of rotatable bonds is 0. The average Bonchev–Trinajstić information content (AvgIpc) is 2.25. The molecule has 0 bridgehead atoms. The Morgan fingerprint density at radius 2 is 2.15 bits per heavy atom. The predicted molar refractivity (Wildman–Crippen MR) is 50.1 cm³/mol. The maximum atomic E-state index is 11.2. The molecule has 2 unspecified atom stereocenters. The van der Waals surface area contributed by atoms with Crippen molar-refractivity contribution < 1.29 is 9.53 Å². The van der Waals surface area contributed by atoms with Gasteiger partial charge in [-0.05, 0) is 24.8 Å². The van der Waals surface area contributed by atoms with Crippen LogP contribution in [0.5, 0.6) is 0 Å². The van der Waals surface area contributed by atoms with Gasteiger partial charge in [0.15, 0.2) is 0 Å². The van der Waals surface area contributed by atoms with Crippen LogP contribution in [0.4, 0.5) is 0 Å². The fourth-order valence-corrected chi connectivity index (χ4v) is 2.67. The van der Waals surface area contributed by atoms with Crippen LogP contribution < -0.4 is 0 Å². The summed E-state index contributed by atoms with van der Waals surface area (Å²) in [6, 6.07) is 0. The van der Waals surface area contributed by atoms with Crippen molar-refractivity contribution in [2.75, 3.05) is 0 Å². The smallest absolute Gasteiger partial charge is 0.307 e. The summed E-state index contributed by atoms with van der Waals surface area (Å²) in [5.41, 5.74) is -0.144. The summed E-state index contributed by atoms with van der Waals surface area (Å²) in [6.07, 6.45) is 5.81. The molecule has 2 rings (SSSR count). The molecule has 2 nitrogen and oxygen atoms in total. The molecule has 1 aliphatic heterocycles. The molecular weight excluding hydrogens is 164 g/mol. The summed E-state index contributed by atoms with van der Waals surface area (Å²) < 4.78 is 5.36. The van der Waals surface area contributed by atoms with E-state index in [-0.39, 0.29) is 17.0 Å². The van der Waals surface area contributed by atoms with E-state index in [4.69, 9.17) is 4.74 Å². The molecule has 0 saturated carbocycles. The van der Waals surface area contributed by atoms with Gasteiger partial charge in [-0.2, -0.15) is 0 Å². The Morgan fingerprint density at radius 1 is 1.46 bits per heavy atom. The molecule has 72 valence electrons. The summed E-state index contributed by atoms with van der Waals surface area (Å²) in [5.74, 6) is 0.296. The van der Waals surface area contributed by atoms with Crippen LogP contribution in [0.3, 0.4) is 0 Å². The zero-order valence-corrected chi connectivity index (χ0v) is 8.46. The minimum atomic E-state index is -0.334. The van der Waals surface area contributed by atoms with Crippen molar-refractivity contribution in [3.63, 3.8) is 0 Å². The van der Waals surface area contributed by atoms with Crippen LogP contribution >= 0.6 is 0 Å². The van der Waals surface area contributed by atoms with Crippen molar-refractivity contribution in [2.45, 2.75) is 39.2 Å². The third kappa shape index (κ3) is 1.19. The number of fused-ring (bicyclic) bond motifs is 1. The highest BCUT2D eigenvalue weighted by molar-refractivity contribution is 5.73. The molecule has 1 fully saturated rings. The normalized spacial score (nSPS) is 41.5. The Balaban J connectivity index is 2.39. The Morgan fingerprint density at radius 3 is 2.77 bits per heavy atom. The van der Waals surface area contributed by atoms with E-state index in [2.05, 4.69) is 19.9 Å². The predicted octanol–water partition coefficient (Wildman–Crippen LogP) is 2.29. The highest BCUT2D eigenvalue weighted by Gasteiger charge is 2.52. The van der Waals surface area contributed by atoms with Gasteiger partial charge < -0.3 is 4.74 Å². The molecule has 1 heterocycles. The maximum Gasteiger partial charge on any atom is 0.307 e. The standard InChI is InChI=1S/C11H16O2/c1-10(2)5-4-6-11(3)8(10)7-9(12)13-11/h4,6,8H,5,7H2,1-3H3. The zero-order valence-electron chi connectivity index (χ0n) is 8.46. The van der Waals surface area contributed by atoms with Crippen molar-refractivity contribution >= 4 is 5.97 Å². The second-order valence-electron chi connectivity index (χ2n) is 5.01. The number of hydrogen-bond acceptors (Lipinski definition) is 2. The lowest BCUT2D eigenvalue weighted by Crippen LogP contribution is -2.41. The average molecular weight is 180 g/mol. The van der Waals surface area contributed by atoms with Crippen molar-refractivity contribution in [3.8, 4) is 0 Å².